The van der Waals surface area contributed by atoms with Crippen LogP contribution in [0.4, 0.5) is 0 Å². The maximum absolute atomic E-state index is 2.37. The molecular weight excluding hydrogens is 694 g/mol. The van der Waals surface area contributed by atoms with Crippen molar-refractivity contribution in [3.05, 3.63) is 0 Å². The molecule has 0 aliphatic heterocycles. The van der Waals surface area contributed by atoms with E-state index in [0.717, 1.165) is 0 Å². The van der Waals surface area contributed by atoms with Crippen molar-refractivity contribution in [1.29, 1.82) is 0 Å². The third kappa shape index (κ3) is 41.6. The van der Waals surface area contributed by atoms with Crippen LogP contribution in [0.1, 0.15) is 297 Å². The SMILES string of the molecule is CCCCCCCCCCCCCCCCCC[N+](CCCCCCC)(CCCCCCC)CCCCCCCCCCCCCCCCCC.[Br-]. The Morgan fingerprint density at radius 2 is 0.288 bits per heavy atom. The molecule has 0 saturated heterocycles. The quantitative estimate of drug-likeness (QED) is 0.0425. The smallest absolute Gasteiger partial charge is 0.0786 e. The maximum atomic E-state index is 2.37. The van der Waals surface area contributed by atoms with Crippen molar-refractivity contribution in [2.24, 2.45) is 0 Å². The van der Waals surface area contributed by atoms with Gasteiger partial charge in [0.15, 0.2) is 0 Å². The summed E-state index contributed by atoms with van der Waals surface area (Å²) in [7, 11) is 0. The van der Waals surface area contributed by atoms with Gasteiger partial charge in [0.25, 0.3) is 0 Å². The minimum atomic E-state index is 0. The number of quaternary nitrogens is 1. The highest BCUT2D eigenvalue weighted by molar-refractivity contribution is 4.56. The molecule has 0 spiro atoms. The van der Waals surface area contributed by atoms with E-state index in [-0.39, 0.29) is 17.0 Å². The predicted octanol–water partition coefficient (Wildman–Crippen LogP) is 15.3. The first kappa shape index (κ1) is 54.5. The number of hydrogen-bond acceptors (Lipinski definition) is 0. The summed E-state index contributed by atoms with van der Waals surface area (Å²) in [5, 5.41) is 0. The first-order chi connectivity index (χ1) is 25.2. The van der Waals surface area contributed by atoms with Crippen molar-refractivity contribution in [3.63, 3.8) is 0 Å². The van der Waals surface area contributed by atoms with Gasteiger partial charge in [-0.05, 0) is 51.4 Å². The number of rotatable bonds is 46. The first-order valence-corrected chi connectivity index (χ1v) is 25.1. The third-order valence-electron chi connectivity index (χ3n) is 12.4. The summed E-state index contributed by atoms with van der Waals surface area (Å²) in [5.41, 5.74) is 0. The van der Waals surface area contributed by atoms with Gasteiger partial charge in [0.1, 0.15) is 0 Å². The predicted molar refractivity (Wildman–Crippen MR) is 236 cm³/mol. The van der Waals surface area contributed by atoms with Crippen molar-refractivity contribution >= 4 is 0 Å². The van der Waals surface area contributed by atoms with E-state index >= 15 is 0 Å². The normalized spacial score (nSPS) is 11.8. The van der Waals surface area contributed by atoms with E-state index < -0.39 is 0 Å². The summed E-state index contributed by atoms with van der Waals surface area (Å²) in [6, 6.07) is 0. The fraction of sp³-hybridized carbons (Fsp3) is 1.00. The molecule has 0 unspecified atom stereocenters. The molecule has 0 aromatic carbocycles. The highest BCUT2D eigenvalue weighted by atomic mass is 79.9. The van der Waals surface area contributed by atoms with Gasteiger partial charge >= 0.3 is 0 Å². The molecule has 0 bridgehead atoms. The Balaban J connectivity index is 0. The van der Waals surface area contributed by atoms with Crippen molar-refractivity contribution in [2.75, 3.05) is 26.2 Å². The lowest BCUT2D eigenvalue weighted by Gasteiger charge is -2.40. The van der Waals surface area contributed by atoms with Crippen LogP contribution in [0.15, 0.2) is 0 Å². The minimum Gasteiger partial charge on any atom is -1.00 e. The fourth-order valence-electron chi connectivity index (χ4n) is 8.76. The lowest BCUT2D eigenvalue weighted by molar-refractivity contribution is -0.929. The molecule has 0 aliphatic rings. The fourth-order valence-corrected chi connectivity index (χ4v) is 8.76. The molecule has 0 amide bonds. The van der Waals surface area contributed by atoms with Crippen LogP contribution in [0, 0.1) is 0 Å². The molecule has 1 nitrogen and oxygen atoms in total. The Bertz CT molecular complexity index is 553. The monoisotopic (exact) mass is 798 g/mol. The Morgan fingerprint density at radius 1 is 0.173 bits per heavy atom. The molecule has 0 atom stereocenters. The van der Waals surface area contributed by atoms with Gasteiger partial charge in [0, 0.05) is 0 Å². The minimum absolute atomic E-state index is 0. The third-order valence-corrected chi connectivity index (χ3v) is 12.4. The van der Waals surface area contributed by atoms with Gasteiger partial charge in [0.05, 0.1) is 26.2 Å². The molecule has 0 aliphatic carbocycles. The molecule has 52 heavy (non-hydrogen) atoms. The van der Waals surface area contributed by atoms with Gasteiger partial charge in [-0.25, -0.2) is 0 Å². The molecule has 0 aromatic rings. The summed E-state index contributed by atoms with van der Waals surface area (Å²) in [6.07, 6.45) is 61.7. The van der Waals surface area contributed by atoms with E-state index in [4.69, 9.17) is 0 Å². The van der Waals surface area contributed by atoms with Gasteiger partial charge in [0.2, 0.25) is 0 Å². The van der Waals surface area contributed by atoms with E-state index in [2.05, 4.69) is 27.7 Å². The molecule has 0 rings (SSSR count). The van der Waals surface area contributed by atoms with E-state index in [0.29, 0.717) is 0 Å². The molecule has 0 N–H and O–H groups in total. The summed E-state index contributed by atoms with van der Waals surface area (Å²) < 4.78 is 1.48. The summed E-state index contributed by atoms with van der Waals surface area (Å²) >= 11 is 0. The van der Waals surface area contributed by atoms with Crippen molar-refractivity contribution in [3.8, 4) is 0 Å². The summed E-state index contributed by atoms with van der Waals surface area (Å²) in [5.74, 6) is 0. The van der Waals surface area contributed by atoms with Crippen LogP contribution in [0.2, 0.25) is 0 Å². The molecule has 2 heteroatoms. The van der Waals surface area contributed by atoms with E-state index in [9.17, 15) is 0 Å². The molecule has 0 radical (unpaired) electrons. The van der Waals surface area contributed by atoms with Crippen LogP contribution in [0.5, 0.6) is 0 Å². The van der Waals surface area contributed by atoms with Crippen LogP contribution in [-0.2, 0) is 0 Å². The lowest BCUT2D eigenvalue weighted by Crippen LogP contribution is -3.00. The van der Waals surface area contributed by atoms with Gasteiger partial charge in [-0.2, -0.15) is 0 Å². The Hall–Kier alpha value is 0.440. The van der Waals surface area contributed by atoms with Gasteiger partial charge in [-0.1, -0.05) is 246 Å². The van der Waals surface area contributed by atoms with Crippen molar-refractivity contribution in [1.82, 2.24) is 0 Å². The zero-order valence-corrected chi connectivity index (χ0v) is 38.9. The van der Waals surface area contributed by atoms with Crippen LogP contribution in [-0.4, -0.2) is 30.7 Å². The average molecular weight is 799 g/mol. The number of nitrogens with zero attached hydrogens (tertiary/aromatic N) is 1. The van der Waals surface area contributed by atoms with Gasteiger partial charge < -0.3 is 21.5 Å². The topological polar surface area (TPSA) is 0 Å². The van der Waals surface area contributed by atoms with E-state index in [1.165, 1.54) is 300 Å². The average Bonchev–Trinajstić information content (AvgIpc) is 3.14. The van der Waals surface area contributed by atoms with Crippen LogP contribution in [0.3, 0.4) is 0 Å². The van der Waals surface area contributed by atoms with Crippen molar-refractivity contribution < 1.29 is 21.5 Å². The second-order valence-corrected chi connectivity index (χ2v) is 17.7. The zero-order valence-electron chi connectivity index (χ0n) is 37.4. The molecular formula is C50H104BrN. The second kappa shape index (κ2) is 47.6. The Morgan fingerprint density at radius 3 is 0.423 bits per heavy atom. The van der Waals surface area contributed by atoms with Crippen LogP contribution in [0.25, 0.3) is 0 Å². The zero-order chi connectivity index (χ0) is 37.0. The molecule has 0 saturated carbocycles. The van der Waals surface area contributed by atoms with Gasteiger partial charge in [-0.3, -0.25) is 0 Å². The highest BCUT2D eigenvalue weighted by Gasteiger charge is 2.25. The summed E-state index contributed by atoms with van der Waals surface area (Å²) in [4.78, 5) is 0. The molecule has 0 aromatic heterocycles. The molecule has 0 fully saturated rings. The number of halogens is 1. The highest BCUT2D eigenvalue weighted by Crippen LogP contribution is 2.21. The standard InChI is InChI=1S/C50H104N.BrH/c1-5-9-13-17-19-21-23-25-27-29-31-33-35-37-41-45-49-51(47-43-39-15-11-7-3,48-44-40-16-12-8-4)50-46-42-38-36-34-32-30-28-26-24-22-20-18-14-10-6-2;/h5-50H2,1-4H3;1H/q+1;/p-1. The van der Waals surface area contributed by atoms with E-state index in [1.54, 1.807) is 0 Å². The first-order valence-electron chi connectivity index (χ1n) is 25.1. The summed E-state index contributed by atoms with van der Waals surface area (Å²) in [6.45, 7) is 15.3. The Kier molecular flexibility index (Phi) is 49.9. The van der Waals surface area contributed by atoms with E-state index in [1.807, 2.05) is 0 Å². The number of hydrogen-bond donors (Lipinski definition) is 0. The number of unbranched alkanes of at least 4 members (excludes halogenated alkanes) is 38. The second-order valence-electron chi connectivity index (χ2n) is 17.7. The molecule has 0 heterocycles. The van der Waals surface area contributed by atoms with Gasteiger partial charge in [-0.15, -0.1) is 0 Å². The largest absolute Gasteiger partial charge is 1.00 e. The molecule has 316 valence electrons. The van der Waals surface area contributed by atoms with Crippen LogP contribution >= 0.6 is 0 Å². The van der Waals surface area contributed by atoms with Crippen LogP contribution < -0.4 is 17.0 Å². The Labute approximate surface area is 343 Å². The van der Waals surface area contributed by atoms with Crippen molar-refractivity contribution in [2.45, 2.75) is 297 Å². The maximum Gasteiger partial charge on any atom is 0.0786 e. The lowest BCUT2D eigenvalue weighted by atomic mass is 10.0.